The predicted octanol–water partition coefficient (Wildman–Crippen LogP) is 0.822. The van der Waals surface area contributed by atoms with Crippen molar-refractivity contribution in [3.8, 4) is 0 Å². The molecule has 0 bridgehead atoms. The lowest BCUT2D eigenvalue weighted by Crippen LogP contribution is -2.46. The van der Waals surface area contributed by atoms with Gasteiger partial charge in [0.05, 0.1) is 6.54 Å². The zero-order chi connectivity index (χ0) is 18.2. The van der Waals surface area contributed by atoms with E-state index in [4.69, 9.17) is 9.47 Å². The first-order valence-corrected chi connectivity index (χ1v) is 9.73. The molecule has 1 aromatic rings. The van der Waals surface area contributed by atoms with E-state index in [-0.39, 0.29) is 11.8 Å². The van der Waals surface area contributed by atoms with E-state index < -0.39 is 0 Å². The number of aromatic nitrogens is 3. The van der Waals surface area contributed by atoms with Crippen LogP contribution in [0.5, 0.6) is 0 Å². The number of carbonyl (C=O) groups excluding carboxylic acids is 1. The van der Waals surface area contributed by atoms with Crippen LogP contribution in [-0.4, -0.2) is 71.6 Å². The van der Waals surface area contributed by atoms with E-state index in [1.165, 1.54) is 0 Å². The van der Waals surface area contributed by atoms with E-state index in [2.05, 4.69) is 20.4 Å². The summed E-state index contributed by atoms with van der Waals surface area (Å²) in [5.74, 6) is 1.05. The Kier molecular flexibility index (Phi) is 7.40. The Balaban J connectivity index is 1.40. The lowest BCUT2D eigenvalue weighted by molar-refractivity contribution is -0.127. The van der Waals surface area contributed by atoms with E-state index in [1.807, 2.05) is 4.57 Å². The van der Waals surface area contributed by atoms with Crippen LogP contribution < -0.4 is 5.32 Å². The van der Waals surface area contributed by atoms with Crippen LogP contribution in [0.15, 0.2) is 6.33 Å². The highest BCUT2D eigenvalue weighted by Crippen LogP contribution is 2.23. The molecule has 2 aliphatic heterocycles. The Bertz CT molecular complexity index is 551. The van der Waals surface area contributed by atoms with E-state index >= 15 is 0 Å². The van der Waals surface area contributed by atoms with Gasteiger partial charge in [0, 0.05) is 45.4 Å². The number of aryl methyl sites for hydroxylation is 1. The van der Waals surface area contributed by atoms with Gasteiger partial charge in [-0.25, -0.2) is 0 Å². The fraction of sp³-hybridized carbons (Fsp3) is 0.833. The average Bonchev–Trinajstić information content (AvgIpc) is 3.14. The Morgan fingerprint density at radius 2 is 2.08 bits per heavy atom. The fourth-order valence-corrected chi connectivity index (χ4v) is 3.87. The molecule has 0 unspecified atom stereocenters. The molecule has 1 amide bonds. The summed E-state index contributed by atoms with van der Waals surface area (Å²) in [5.41, 5.74) is 0. The van der Waals surface area contributed by atoms with Crippen molar-refractivity contribution in [1.29, 1.82) is 0 Å². The smallest absolute Gasteiger partial charge is 0.223 e. The monoisotopic (exact) mass is 365 g/mol. The molecule has 0 spiro atoms. The second-order valence-electron chi connectivity index (χ2n) is 7.16. The molecule has 0 aliphatic carbocycles. The normalized spacial score (nSPS) is 20.3. The number of nitrogens with one attached hydrogen (secondary N) is 1. The van der Waals surface area contributed by atoms with Gasteiger partial charge >= 0.3 is 0 Å². The molecule has 8 nitrogen and oxygen atoms in total. The standard InChI is InChI=1S/C18H31N5O3/c1-25-10-2-7-23-14-20-21-17(23)13-19-18(24)15-3-8-22(9-4-15)16-5-11-26-12-6-16/h14-16H,2-13H2,1H3,(H,19,24). The Labute approximate surface area is 155 Å². The van der Waals surface area contributed by atoms with Crippen molar-refractivity contribution >= 4 is 5.91 Å². The maximum absolute atomic E-state index is 12.5. The van der Waals surface area contributed by atoms with Crippen molar-refractivity contribution in [1.82, 2.24) is 25.0 Å². The van der Waals surface area contributed by atoms with Crippen LogP contribution in [0.1, 0.15) is 37.9 Å². The van der Waals surface area contributed by atoms with Gasteiger partial charge < -0.3 is 24.3 Å². The highest BCUT2D eigenvalue weighted by atomic mass is 16.5. The highest BCUT2D eigenvalue weighted by molar-refractivity contribution is 5.78. The number of amides is 1. The first kappa shape index (κ1) is 19.3. The van der Waals surface area contributed by atoms with Crippen molar-refractivity contribution in [3.05, 3.63) is 12.2 Å². The Morgan fingerprint density at radius 3 is 2.81 bits per heavy atom. The van der Waals surface area contributed by atoms with Crippen molar-refractivity contribution in [2.75, 3.05) is 40.0 Å². The largest absolute Gasteiger partial charge is 0.385 e. The molecule has 2 aliphatic rings. The molecule has 0 aromatic carbocycles. The third-order valence-corrected chi connectivity index (χ3v) is 5.47. The average molecular weight is 365 g/mol. The molecule has 1 aromatic heterocycles. The fourth-order valence-electron chi connectivity index (χ4n) is 3.87. The molecular formula is C18H31N5O3. The minimum Gasteiger partial charge on any atom is -0.385 e. The maximum atomic E-state index is 12.5. The number of hydrogen-bond donors (Lipinski definition) is 1. The summed E-state index contributed by atoms with van der Waals surface area (Å²) in [6.45, 7) is 5.70. The molecule has 8 heteroatoms. The molecule has 3 heterocycles. The first-order chi connectivity index (χ1) is 12.8. The van der Waals surface area contributed by atoms with Crippen LogP contribution in [0.4, 0.5) is 0 Å². The van der Waals surface area contributed by atoms with Crippen LogP contribution in [-0.2, 0) is 27.4 Å². The molecule has 146 valence electrons. The van der Waals surface area contributed by atoms with Crippen LogP contribution in [0.3, 0.4) is 0 Å². The van der Waals surface area contributed by atoms with Crippen molar-refractivity contribution in [3.63, 3.8) is 0 Å². The van der Waals surface area contributed by atoms with E-state index in [0.717, 1.165) is 70.8 Å². The van der Waals surface area contributed by atoms with Gasteiger partial charge in [0.1, 0.15) is 6.33 Å². The minimum absolute atomic E-state index is 0.107. The second kappa shape index (κ2) is 9.99. The highest BCUT2D eigenvalue weighted by Gasteiger charge is 2.29. The molecule has 2 fully saturated rings. The van der Waals surface area contributed by atoms with Crippen LogP contribution in [0, 0.1) is 5.92 Å². The lowest BCUT2D eigenvalue weighted by Gasteiger charge is -2.38. The first-order valence-electron chi connectivity index (χ1n) is 9.73. The van der Waals surface area contributed by atoms with Crippen LogP contribution in [0.25, 0.3) is 0 Å². The molecule has 0 saturated carbocycles. The summed E-state index contributed by atoms with van der Waals surface area (Å²) in [7, 11) is 1.70. The number of hydrogen-bond acceptors (Lipinski definition) is 6. The minimum atomic E-state index is 0.107. The number of rotatable bonds is 8. The summed E-state index contributed by atoms with van der Waals surface area (Å²) < 4.78 is 12.5. The van der Waals surface area contributed by atoms with Gasteiger partial charge in [-0.2, -0.15) is 0 Å². The topological polar surface area (TPSA) is 81.5 Å². The van der Waals surface area contributed by atoms with Gasteiger partial charge in [0.15, 0.2) is 5.82 Å². The number of carbonyl (C=O) groups is 1. The molecule has 26 heavy (non-hydrogen) atoms. The van der Waals surface area contributed by atoms with Crippen LogP contribution >= 0.6 is 0 Å². The lowest BCUT2D eigenvalue weighted by atomic mass is 9.93. The van der Waals surface area contributed by atoms with E-state index in [0.29, 0.717) is 19.2 Å². The molecular weight excluding hydrogens is 334 g/mol. The summed E-state index contributed by atoms with van der Waals surface area (Å²) in [5, 5.41) is 11.1. The van der Waals surface area contributed by atoms with Gasteiger partial charge in [-0.1, -0.05) is 0 Å². The summed E-state index contributed by atoms with van der Waals surface area (Å²) >= 11 is 0. The van der Waals surface area contributed by atoms with Gasteiger partial charge in [0.25, 0.3) is 0 Å². The molecule has 1 N–H and O–H groups in total. The summed E-state index contributed by atoms with van der Waals surface area (Å²) in [4.78, 5) is 15.1. The van der Waals surface area contributed by atoms with Crippen molar-refractivity contribution in [2.24, 2.45) is 5.92 Å². The van der Waals surface area contributed by atoms with Crippen molar-refractivity contribution in [2.45, 2.75) is 51.2 Å². The number of ether oxygens (including phenoxy) is 2. The maximum Gasteiger partial charge on any atom is 0.223 e. The molecule has 0 radical (unpaired) electrons. The number of piperidine rings is 1. The van der Waals surface area contributed by atoms with Gasteiger partial charge in [-0.05, 0) is 45.2 Å². The Morgan fingerprint density at radius 1 is 1.31 bits per heavy atom. The quantitative estimate of drug-likeness (QED) is 0.687. The van der Waals surface area contributed by atoms with Crippen molar-refractivity contribution < 1.29 is 14.3 Å². The second-order valence-corrected chi connectivity index (χ2v) is 7.16. The molecule has 3 rings (SSSR count). The molecule has 0 atom stereocenters. The summed E-state index contributed by atoms with van der Waals surface area (Å²) in [6, 6.07) is 0.637. The van der Waals surface area contributed by atoms with E-state index in [9.17, 15) is 4.79 Å². The Hall–Kier alpha value is -1.51. The van der Waals surface area contributed by atoms with E-state index in [1.54, 1.807) is 13.4 Å². The third kappa shape index (κ3) is 5.25. The zero-order valence-corrected chi connectivity index (χ0v) is 15.7. The SMILES string of the molecule is COCCCn1cnnc1CNC(=O)C1CCN(C2CCOCC2)CC1. The van der Waals surface area contributed by atoms with Gasteiger partial charge in [-0.3, -0.25) is 4.79 Å². The third-order valence-electron chi connectivity index (χ3n) is 5.47. The summed E-state index contributed by atoms with van der Waals surface area (Å²) in [6.07, 6.45) is 6.72. The number of likely N-dealkylation sites (tertiary alicyclic amines) is 1. The predicted molar refractivity (Wildman–Crippen MR) is 96.5 cm³/mol. The number of methoxy groups -OCH3 is 1. The molecule has 2 saturated heterocycles. The van der Waals surface area contributed by atoms with Gasteiger partial charge in [0.2, 0.25) is 5.91 Å². The number of nitrogens with zero attached hydrogens (tertiary/aromatic N) is 4. The van der Waals surface area contributed by atoms with Crippen LogP contribution in [0.2, 0.25) is 0 Å². The van der Waals surface area contributed by atoms with Gasteiger partial charge in [-0.15, -0.1) is 10.2 Å². The zero-order valence-electron chi connectivity index (χ0n) is 15.7.